The molecule has 5 heteroatoms. The number of benzene rings is 1. The molecule has 0 spiro atoms. The van der Waals surface area contributed by atoms with Crippen LogP contribution in [0.5, 0.6) is 0 Å². The van der Waals surface area contributed by atoms with Gasteiger partial charge in [0.1, 0.15) is 0 Å². The molecule has 0 radical (unpaired) electrons. The van der Waals surface area contributed by atoms with Crippen molar-refractivity contribution in [2.75, 3.05) is 19.4 Å². The van der Waals surface area contributed by atoms with Gasteiger partial charge in [0.05, 0.1) is 23.3 Å². The van der Waals surface area contributed by atoms with Gasteiger partial charge in [-0.2, -0.15) is 0 Å². The van der Waals surface area contributed by atoms with E-state index in [0.717, 1.165) is 19.3 Å². The molecule has 0 saturated heterocycles. The van der Waals surface area contributed by atoms with E-state index in [9.17, 15) is 9.59 Å². The quantitative estimate of drug-likeness (QED) is 0.659. The molecule has 0 aromatic heterocycles. The highest BCUT2D eigenvalue weighted by atomic mass is 16.5. The minimum absolute atomic E-state index is 0.268. The number of rotatable bonds is 3. The summed E-state index contributed by atoms with van der Waals surface area (Å²) in [6.45, 7) is 0.315. The molecule has 0 atom stereocenters. The van der Waals surface area contributed by atoms with E-state index in [1.165, 1.54) is 4.90 Å². The standard InChI is InChI=1S/C14H16N2O3/c1-19-14(6-3-7-14)8-16-12(17)9-4-2-5-10(15)11(9)13(16)18/h2,4-5H,3,6-8,15H2,1H3. The van der Waals surface area contributed by atoms with Gasteiger partial charge in [0.15, 0.2) is 0 Å². The molecule has 0 unspecified atom stereocenters. The van der Waals surface area contributed by atoms with Gasteiger partial charge in [-0.25, -0.2) is 0 Å². The van der Waals surface area contributed by atoms with Gasteiger partial charge in [0.25, 0.3) is 11.8 Å². The van der Waals surface area contributed by atoms with Crippen molar-refractivity contribution in [2.24, 2.45) is 0 Å². The van der Waals surface area contributed by atoms with Gasteiger partial charge < -0.3 is 10.5 Å². The first-order valence-corrected chi connectivity index (χ1v) is 6.38. The molecule has 3 rings (SSSR count). The number of fused-ring (bicyclic) bond motifs is 1. The van der Waals surface area contributed by atoms with E-state index in [2.05, 4.69) is 0 Å². The van der Waals surface area contributed by atoms with Crippen molar-refractivity contribution in [1.29, 1.82) is 0 Å². The average Bonchev–Trinajstić information content (AvgIpc) is 2.59. The monoisotopic (exact) mass is 260 g/mol. The molecular formula is C14H16N2O3. The van der Waals surface area contributed by atoms with Gasteiger partial charge >= 0.3 is 0 Å². The summed E-state index contributed by atoms with van der Waals surface area (Å²) < 4.78 is 5.48. The van der Waals surface area contributed by atoms with Crippen LogP contribution in [0.4, 0.5) is 5.69 Å². The number of imide groups is 1. The highest BCUT2D eigenvalue weighted by Gasteiger charge is 2.45. The predicted molar refractivity (Wildman–Crippen MR) is 69.8 cm³/mol. The lowest BCUT2D eigenvalue weighted by molar-refractivity contribution is -0.0819. The van der Waals surface area contributed by atoms with Crippen LogP contribution in [0.15, 0.2) is 18.2 Å². The Bertz CT molecular complexity index is 558. The number of anilines is 1. The Labute approximate surface area is 111 Å². The third kappa shape index (κ3) is 1.65. The lowest BCUT2D eigenvalue weighted by Gasteiger charge is -2.42. The second-order valence-electron chi connectivity index (χ2n) is 5.21. The predicted octanol–water partition coefficient (Wildman–Crippen LogP) is 1.43. The number of ether oxygens (including phenoxy) is 1. The Morgan fingerprint density at radius 2 is 2.05 bits per heavy atom. The number of nitrogens with zero attached hydrogens (tertiary/aromatic N) is 1. The van der Waals surface area contributed by atoms with Crippen molar-refractivity contribution < 1.29 is 14.3 Å². The average molecular weight is 260 g/mol. The van der Waals surface area contributed by atoms with Crippen LogP contribution in [-0.2, 0) is 4.74 Å². The fourth-order valence-electron chi connectivity index (χ4n) is 2.79. The molecule has 2 amide bonds. The molecule has 1 saturated carbocycles. The van der Waals surface area contributed by atoms with Gasteiger partial charge in [-0.15, -0.1) is 0 Å². The van der Waals surface area contributed by atoms with Crippen molar-refractivity contribution in [1.82, 2.24) is 4.90 Å². The third-order valence-corrected chi connectivity index (χ3v) is 4.18. The minimum Gasteiger partial charge on any atom is -0.398 e. The largest absolute Gasteiger partial charge is 0.398 e. The number of methoxy groups -OCH3 is 1. The second-order valence-corrected chi connectivity index (χ2v) is 5.21. The van der Waals surface area contributed by atoms with Crippen LogP contribution in [-0.4, -0.2) is 36.0 Å². The van der Waals surface area contributed by atoms with E-state index in [1.54, 1.807) is 25.3 Å². The van der Waals surface area contributed by atoms with Crippen LogP contribution in [0, 0.1) is 0 Å². The Morgan fingerprint density at radius 1 is 1.32 bits per heavy atom. The fourth-order valence-corrected chi connectivity index (χ4v) is 2.79. The summed E-state index contributed by atoms with van der Waals surface area (Å²) >= 11 is 0. The summed E-state index contributed by atoms with van der Waals surface area (Å²) in [6, 6.07) is 4.98. The Hall–Kier alpha value is -1.88. The summed E-state index contributed by atoms with van der Waals surface area (Å²) in [6.07, 6.45) is 2.83. The highest BCUT2D eigenvalue weighted by molar-refractivity contribution is 6.23. The smallest absolute Gasteiger partial charge is 0.263 e. The number of hydrogen-bond donors (Lipinski definition) is 1. The van der Waals surface area contributed by atoms with Crippen molar-refractivity contribution in [3.8, 4) is 0 Å². The van der Waals surface area contributed by atoms with Gasteiger partial charge in [0, 0.05) is 12.8 Å². The van der Waals surface area contributed by atoms with Crippen LogP contribution in [0.2, 0.25) is 0 Å². The lowest BCUT2D eigenvalue weighted by atomic mass is 9.79. The highest BCUT2D eigenvalue weighted by Crippen LogP contribution is 2.38. The van der Waals surface area contributed by atoms with E-state index >= 15 is 0 Å². The normalized spacial score (nSPS) is 20.4. The summed E-state index contributed by atoms with van der Waals surface area (Å²) in [5.41, 5.74) is 6.53. The maximum absolute atomic E-state index is 12.3. The molecular weight excluding hydrogens is 244 g/mol. The third-order valence-electron chi connectivity index (χ3n) is 4.18. The van der Waals surface area contributed by atoms with Crippen LogP contribution in [0.3, 0.4) is 0 Å². The van der Waals surface area contributed by atoms with Crippen LogP contribution in [0.1, 0.15) is 40.0 Å². The number of nitrogen functional groups attached to an aromatic ring is 1. The van der Waals surface area contributed by atoms with Crippen LogP contribution in [0.25, 0.3) is 0 Å². The Balaban J connectivity index is 1.93. The van der Waals surface area contributed by atoms with Crippen molar-refractivity contribution in [3.63, 3.8) is 0 Å². The summed E-state index contributed by atoms with van der Waals surface area (Å²) in [7, 11) is 1.63. The molecule has 5 nitrogen and oxygen atoms in total. The molecule has 100 valence electrons. The molecule has 0 bridgehead atoms. The molecule has 1 aromatic carbocycles. The molecule has 2 aliphatic rings. The zero-order valence-electron chi connectivity index (χ0n) is 10.8. The van der Waals surface area contributed by atoms with Gasteiger partial charge in [0.2, 0.25) is 0 Å². The number of carbonyl (C=O) groups is 2. The molecule has 1 heterocycles. The topological polar surface area (TPSA) is 72.6 Å². The maximum atomic E-state index is 12.3. The number of hydrogen-bond acceptors (Lipinski definition) is 4. The summed E-state index contributed by atoms with van der Waals surface area (Å²) in [5, 5.41) is 0. The van der Waals surface area contributed by atoms with E-state index in [1.807, 2.05) is 0 Å². The first kappa shape index (κ1) is 12.2. The Morgan fingerprint density at radius 3 is 2.58 bits per heavy atom. The second kappa shape index (κ2) is 4.06. The minimum atomic E-state index is -0.359. The molecule has 1 aliphatic carbocycles. The first-order chi connectivity index (χ1) is 9.08. The van der Waals surface area contributed by atoms with E-state index < -0.39 is 0 Å². The van der Waals surface area contributed by atoms with Crippen LogP contribution < -0.4 is 5.73 Å². The first-order valence-electron chi connectivity index (χ1n) is 6.38. The van der Waals surface area contributed by atoms with Crippen LogP contribution >= 0.6 is 0 Å². The summed E-state index contributed by atoms with van der Waals surface area (Å²) in [4.78, 5) is 25.9. The Kier molecular flexibility index (Phi) is 2.60. The SMILES string of the molecule is COC1(CN2C(=O)c3cccc(N)c3C2=O)CCC1. The molecule has 1 fully saturated rings. The number of amides is 2. The lowest BCUT2D eigenvalue weighted by Crippen LogP contribution is -2.51. The number of nitrogens with two attached hydrogens (primary N) is 1. The van der Waals surface area contributed by atoms with Gasteiger partial charge in [-0.1, -0.05) is 6.07 Å². The van der Waals surface area contributed by atoms with Crippen molar-refractivity contribution >= 4 is 17.5 Å². The van der Waals surface area contributed by atoms with E-state index in [-0.39, 0.29) is 17.4 Å². The number of carbonyl (C=O) groups excluding carboxylic acids is 2. The van der Waals surface area contributed by atoms with E-state index in [4.69, 9.17) is 10.5 Å². The summed E-state index contributed by atoms with van der Waals surface area (Å²) in [5.74, 6) is -0.572. The van der Waals surface area contributed by atoms with Gasteiger partial charge in [-0.3, -0.25) is 14.5 Å². The van der Waals surface area contributed by atoms with Crippen molar-refractivity contribution in [3.05, 3.63) is 29.3 Å². The zero-order chi connectivity index (χ0) is 13.6. The zero-order valence-corrected chi connectivity index (χ0v) is 10.8. The molecule has 1 aliphatic heterocycles. The fraction of sp³-hybridized carbons (Fsp3) is 0.429. The van der Waals surface area contributed by atoms with Gasteiger partial charge in [-0.05, 0) is 31.4 Å². The van der Waals surface area contributed by atoms with E-state index in [0.29, 0.717) is 23.4 Å². The molecule has 19 heavy (non-hydrogen) atoms. The van der Waals surface area contributed by atoms with Crippen molar-refractivity contribution in [2.45, 2.75) is 24.9 Å². The molecule has 1 aromatic rings. The maximum Gasteiger partial charge on any atom is 0.263 e. The molecule has 2 N–H and O–H groups in total.